The van der Waals surface area contributed by atoms with Crippen LogP contribution < -0.4 is 10.1 Å². The second kappa shape index (κ2) is 6.88. The van der Waals surface area contributed by atoms with Crippen molar-refractivity contribution in [3.8, 4) is 5.75 Å². The molecule has 22 heavy (non-hydrogen) atoms. The van der Waals surface area contributed by atoms with E-state index in [9.17, 15) is 4.79 Å². The normalized spacial score (nSPS) is 13.7. The zero-order valence-corrected chi connectivity index (χ0v) is 13.4. The molecule has 3 rings (SSSR count). The van der Waals surface area contributed by atoms with Crippen molar-refractivity contribution in [1.29, 1.82) is 0 Å². The quantitative estimate of drug-likeness (QED) is 0.862. The van der Waals surface area contributed by atoms with Gasteiger partial charge < -0.3 is 10.1 Å². The van der Waals surface area contributed by atoms with Crippen LogP contribution in [0, 0.1) is 0 Å². The van der Waals surface area contributed by atoms with Gasteiger partial charge in [-0.05, 0) is 42.2 Å². The fraction of sp³-hybridized carbons (Fsp3) is 0.278. The van der Waals surface area contributed by atoms with Crippen molar-refractivity contribution in [3.63, 3.8) is 0 Å². The topological polar surface area (TPSA) is 38.3 Å². The number of fused-ring (bicyclic) bond motifs is 1. The van der Waals surface area contributed by atoms with Crippen LogP contribution in [0.3, 0.4) is 0 Å². The molecule has 0 heterocycles. The van der Waals surface area contributed by atoms with Crippen molar-refractivity contribution in [2.75, 3.05) is 12.9 Å². The Morgan fingerprint density at radius 3 is 2.59 bits per heavy atom. The monoisotopic (exact) mass is 313 g/mol. The number of methoxy groups -OCH3 is 1. The van der Waals surface area contributed by atoms with E-state index in [2.05, 4.69) is 29.6 Å². The molecule has 0 aliphatic heterocycles. The highest BCUT2D eigenvalue weighted by Gasteiger charge is 2.22. The Kier molecular flexibility index (Phi) is 4.68. The highest BCUT2D eigenvalue weighted by Crippen LogP contribution is 2.24. The van der Waals surface area contributed by atoms with Crippen LogP contribution in [0.4, 0.5) is 0 Å². The van der Waals surface area contributed by atoms with Gasteiger partial charge in [0.15, 0.2) is 0 Å². The summed E-state index contributed by atoms with van der Waals surface area (Å²) in [6.07, 6.45) is 1.87. The molecular weight excluding hydrogens is 294 g/mol. The predicted molar refractivity (Wildman–Crippen MR) is 89.5 cm³/mol. The van der Waals surface area contributed by atoms with Crippen LogP contribution in [0.25, 0.3) is 0 Å². The largest absolute Gasteiger partial charge is 0.497 e. The van der Waals surface area contributed by atoms with E-state index >= 15 is 0 Å². The number of hydrogen-bond acceptors (Lipinski definition) is 3. The molecule has 2 aromatic rings. The number of carbonyl (C=O) groups is 1. The predicted octanol–water partition coefficient (Wildman–Crippen LogP) is 3.07. The van der Waals surface area contributed by atoms with E-state index < -0.39 is 0 Å². The fourth-order valence-corrected chi connectivity index (χ4v) is 3.53. The molecule has 114 valence electrons. The molecule has 1 aliphatic rings. The average Bonchev–Trinajstić information content (AvgIpc) is 2.95. The smallest absolute Gasteiger partial charge is 0.230 e. The minimum absolute atomic E-state index is 0.0885. The molecule has 3 nitrogen and oxygen atoms in total. The first-order valence-electron chi connectivity index (χ1n) is 7.37. The third-order valence-corrected chi connectivity index (χ3v) is 4.82. The maximum absolute atomic E-state index is 12.1. The Morgan fingerprint density at radius 2 is 1.91 bits per heavy atom. The second-order valence-corrected chi connectivity index (χ2v) is 6.46. The molecule has 4 heteroatoms. The second-order valence-electron chi connectivity index (χ2n) is 5.41. The zero-order valence-electron chi connectivity index (χ0n) is 12.5. The number of carbonyl (C=O) groups excluding carboxylic acids is 1. The Morgan fingerprint density at radius 1 is 1.18 bits per heavy atom. The first-order chi connectivity index (χ1) is 10.7. The third kappa shape index (κ3) is 3.63. The van der Waals surface area contributed by atoms with Crippen molar-refractivity contribution < 1.29 is 9.53 Å². The lowest BCUT2D eigenvalue weighted by Gasteiger charge is -2.12. The minimum Gasteiger partial charge on any atom is -0.497 e. The van der Waals surface area contributed by atoms with Crippen molar-refractivity contribution in [1.82, 2.24) is 5.32 Å². The summed E-state index contributed by atoms with van der Waals surface area (Å²) in [7, 11) is 1.65. The van der Waals surface area contributed by atoms with Crippen LogP contribution in [0.2, 0.25) is 0 Å². The Hall–Kier alpha value is -1.94. The molecule has 0 radical (unpaired) electrons. The molecule has 0 saturated heterocycles. The lowest BCUT2D eigenvalue weighted by Crippen LogP contribution is -2.36. The Balaban J connectivity index is 1.49. The van der Waals surface area contributed by atoms with Gasteiger partial charge in [-0.3, -0.25) is 4.79 Å². The summed E-state index contributed by atoms with van der Waals surface area (Å²) in [6.45, 7) is 0. The van der Waals surface area contributed by atoms with E-state index in [1.165, 1.54) is 22.9 Å². The van der Waals surface area contributed by atoms with E-state index in [-0.39, 0.29) is 11.9 Å². The molecule has 0 aromatic heterocycles. The first-order valence-corrected chi connectivity index (χ1v) is 8.36. The highest BCUT2D eigenvalue weighted by atomic mass is 32.2. The van der Waals surface area contributed by atoms with Gasteiger partial charge in [0.05, 0.1) is 12.9 Å². The van der Waals surface area contributed by atoms with E-state index in [1.807, 2.05) is 24.3 Å². The van der Waals surface area contributed by atoms with E-state index in [1.54, 1.807) is 7.11 Å². The zero-order chi connectivity index (χ0) is 15.4. The van der Waals surface area contributed by atoms with Crippen molar-refractivity contribution >= 4 is 17.7 Å². The molecule has 1 amide bonds. The van der Waals surface area contributed by atoms with Crippen LogP contribution >= 0.6 is 11.8 Å². The number of nitrogens with one attached hydrogen (secondary N) is 1. The fourth-order valence-electron chi connectivity index (χ4n) is 2.77. The molecule has 0 atom stereocenters. The SMILES string of the molecule is COc1cccc(SCC(=O)NC2Cc3ccccc3C2)c1. The summed E-state index contributed by atoms with van der Waals surface area (Å²) in [4.78, 5) is 13.2. The van der Waals surface area contributed by atoms with Crippen LogP contribution in [0.15, 0.2) is 53.4 Å². The molecule has 2 aromatic carbocycles. The summed E-state index contributed by atoms with van der Waals surface area (Å²) >= 11 is 1.53. The van der Waals surface area contributed by atoms with Gasteiger partial charge in [0.1, 0.15) is 5.75 Å². The summed E-state index contributed by atoms with van der Waals surface area (Å²) in [5.41, 5.74) is 2.71. The van der Waals surface area contributed by atoms with E-state index in [0.29, 0.717) is 5.75 Å². The number of hydrogen-bond donors (Lipinski definition) is 1. The number of rotatable bonds is 5. The average molecular weight is 313 g/mol. The summed E-state index contributed by atoms with van der Waals surface area (Å²) in [6, 6.07) is 16.4. The summed E-state index contributed by atoms with van der Waals surface area (Å²) in [5, 5.41) is 3.13. The Bertz CT molecular complexity index is 647. The van der Waals surface area contributed by atoms with E-state index in [4.69, 9.17) is 4.74 Å². The molecule has 1 aliphatic carbocycles. The summed E-state index contributed by atoms with van der Waals surface area (Å²) < 4.78 is 5.19. The van der Waals surface area contributed by atoms with Gasteiger partial charge in [-0.15, -0.1) is 11.8 Å². The number of thioether (sulfide) groups is 1. The lowest BCUT2D eigenvalue weighted by molar-refractivity contribution is -0.119. The number of benzene rings is 2. The standard InChI is InChI=1S/C18H19NO2S/c1-21-16-7-4-8-17(11-16)22-12-18(20)19-15-9-13-5-2-3-6-14(13)10-15/h2-8,11,15H,9-10,12H2,1H3,(H,19,20). The van der Waals surface area contributed by atoms with Crippen molar-refractivity contribution in [3.05, 3.63) is 59.7 Å². The van der Waals surface area contributed by atoms with Gasteiger partial charge in [-0.25, -0.2) is 0 Å². The number of ether oxygens (including phenoxy) is 1. The van der Waals surface area contributed by atoms with Gasteiger partial charge in [0, 0.05) is 10.9 Å². The molecular formula is C18H19NO2S. The maximum Gasteiger partial charge on any atom is 0.230 e. The van der Waals surface area contributed by atoms with Gasteiger partial charge in [-0.2, -0.15) is 0 Å². The van der Waals surface area contributed by atoms with Crippen molar-refractivity contribution in [2.24, 2.45) is 0 Å². The van der Waals surface area contributed by atoms with Crippen molar-refractivity contribution in [2.45, 2.75) is 23.8 Å². The van der Waals surface area contributed by atoms with Gasteiger partial charge in [0.25, 0.3) is 0 Å². The van der Waals surface area contributed by atoms with Gasteiger partial charge >= 0.3 is 0 Å². The molecule has 0 spiro atoms. The molecule has 0 fully saturated rings. The molecule has 0 saturated carbocycles. The van der Waals surface area contributed by atoms with Crippen LogP contribution in [-0.2, 0) is 17.6 Å². The molecule has 0 unspecified atom stereocenters. The summed E-state index contributed by atoms with van der Waals surface area (Å²) in [5.74, 6) is 1.34. The van der Waals surface area contributed by atoms with Crippen LogP contribution in [0.5, 0.6) is 5.75 Å². The van der Waals surface area contributed by atoms with Crippen LogP contribution in [0.1, 0.15) is 11.1 Å². The highest BCUT2D eigenvalue weighted by molar-refractivity contribution is 8.00. The first kappa shape index (κ1) is 15.0. The molecule has 1 N–H and O–H groups in total. The Labute approximate surface area is 135 Å². The maximum atomic E-state index is 12.1. The van der Waals surface area contributed by atoms with Crippen LogP contribution in [-0.4, -0.2) is 24.8 Å². The van der Waals surface area contributed by atoms with Gasteiger partial charge in [0.2, 0.25) is 5.91 Å². The molecule has 0 bridgehead atoms. The van der Waals surface area contributed by atoms with E-state index in [0.717, 1.165) is 23.5 Å². The lowest BCUT2D eigenvalue weighted by atomic mass is 10.1. The third-order valence-electron chi connectivity index (χ3n) is 3.83. The van der Waals surface area contributed by atoms with Gasteiger partial charge in [-0.1, -0.05) is 30.3 Å². The minimum atomic E-state index is 0.0885. The number of amides is 1.